The number of hydrogen-bond acceptors (Lipinski definition) is 3. The van der Waals surface area contributed by atoms with Gasteiger partial charge in [0.15, 0.2) is 0 Å². The number of rotatable bonds is 3. The Labute approximate surface area is 75.5 Å². The molecule has 0 saturated carbocycles. The number of likely N-dealkylation sites (N-methyl/N-ethyl adjacent to an activating group) is 1. The summed E-state index contributed by atoms with van der Waals surface area (Å²) in [6.45, 7) is 5.38. The zero-order valence-corrected chi connectivity index (χ0v) is 8.45. The molecule has 0 bridgehead atoms. The zero-order chi connectivity index (χ0) is 9.14. The molecule has 3 heteroatoms. The Bertz CT molecular complexity index is 136. The topological polar surface area (TPSA) is 32.5 Å². The summed E-state index contributed by atoms with van der Waals surface area (Å²) < 4.78 is 0. The highest BCUT2D eigenvalue weighted by Gasteiger charge is 2.26. The van der Waals surface area contributed by atoms with E-state index in [1.807, 2.05) is 0 Å². The summed E-state index contributed by atoms with van der Waals surface area (Å²) in [6, 6.07) is 1.29. The van der Waals surface area contributed by atoms with Crippen LogP contribution in [-0.4, -0.2) is 55.6 Å². The third-order valence-corrected chi connectivity index (χ3v) is 2.89. The average Bonchev–Trinajstić information content (AvgIpc) is 2.51. The minimum Gasteiger partial charge on any atom is -0.329 e. The molecule has 2 atom stereocenters. The SMILES string of the molecule is CC(CN)N1CCC(N(C)C)C1. The molecule has 72 valence electrons. The number of likely N-dealkylation sites (tertiary alicyclic amines) is 1. The Morgan fingerprint density at radius 3 is 2.67 bits per heavy atom. The van der Waals surface area contributed by atoms with Crippen LogP contribution in [0, 0.1) is 0 Å². The fraction of sp³-hybridized carbons (Fsp3) is 1.00. The van der Waals surface area contributed by atoms with Crippen molar-refractivity contribution in [2.75, 3.05) is 33.7 Å². The average molecular weight is 171 g/mol. The summed E-state index contributed by atoms with van der Waals surface area (Å²) >= 11 is 0. The molecule has 0 aromatic rings. The van der Waals surface area contributed by atoms with Crippen LogP contribution in [0.4, 0.5) is 0 Å². The van der Waals surface area contributed by atoms with Crippen molar-refractivity contribution in [3.8, 4) is 0 Å². The molecule has 1 saturated heterocycles. The van der Waals surface area contributed by atoms with Crippen molar-refractivity contribution in [2.24, 2.45) is 5.73 Å². The molecule has 2 N–H and O–H groups in total. The molecule has 1 rings (SSSR count). The second kappa shape index (κ2) is 4.21. The summed E-state index contributed by atoms with van der Waals surface area (Å²) in [5.41, 5.74) is 5.62. The lowest BCUT2D eigenvalue weighted by molar-refractivity contribution is 0.230. The van der Waals surface area contributed by atoms with E-state index in [-0.39, 0.29) is 0 Å². The fourth-order valence-corrected chi connectivity index (χ4v) is 1.74. The molecule has 1 fully saturated rings. The first-order valence-corrected chi connectivity index (χ1v) is 4.75. The molecule has 12 heavy (non-hydrogen) atoms. The maximum absolute atomic E-state index is 5.62. The molecule has 0 aromatic heterocycles. The Hall–Kier alpha value is -0.120. The van der Waals surface area contributed by atoms with E-state index in [4.69, 9.17) is 5.73 Å². The second-order valence-electron chi connectivity index (χ2n) is 3.99. The molecule has 3 nitrogen and oxygen atoms in total. The first kappa shape index (κ1) is 9.96. The van der Waals surface area contributed by atoms with Crippen LogP contribution < -0.4 is 5.73 Å². The van der Waals surface area contributed by atoms with Crippen molar-refractivity contribution < 1.29 is 0 Å². The lowest BCUT2D eigenvalue weighted by Gasteiger charge is -2.24. The largest absolute Gasteiger partial charge is 0.329 e. The molecule has 0 radical (unpaired) electrons. The van der Waals surface area contributed by atoms with Gasteiger partial charge >= 0.3 is 0 Å². The molecule has 1 heterocycles. The van der Waals surface area contributed by atoms with Gasteiger partial charge in [-0.2, -0.15) is 0 Å². The summed E-state index contributed by atoms with van der Waals surface area (Å²) in [6.07, 6.45) is 1.29. The summed E-state index contributed by atoms with van der Waals surface area (Å²) in [5, 5.41) is 0. The van der Waals surface area contributed by atoms with Gasteiger partial charge < -0.3 is 10.6 Å². The van der Waals surface area contributed by atoms with Crippen LogP contribution in [-0.2, 0) is 0 Å². The summed E-state index contributed by atoms with van der Waals surface area (Å²) in [5.74, 6) is 0. The smallest absolute Gasteiger partial charge is 0.0229 e. The molecule has 1 aliphatic rings. The number of nitrogens with two attached hydrogens (primary N) is 1. The van der Waals surface area contributed by atoms with Crippen molar-refractivity contribution in [1.82, 2.24) is 9.80 Å². The van der Waals surface area contributed by atoms with Gasteiger partial charge in [0, 0.05) is 31.7 Å². The molecule has 1 aliphatic heterocycles. The summed E-state index contributed by atoms with van der Waals surface area (Å²) in [4.78, 5) is 4.79. The van der Waals surface area contributed by atoms with Crippen molar-refractivity contribution in [3.05, 3.63) is 0 Å². The Balaban J connectivity index is 2.35. The normalized spacial score (nSPS) is 28.2. The van der Waals surface area contributed by atoms with Crippen molar-refractivity contribution in [1.29, 1.82) is 0 Å². The lowest BCUT2D eigenvalue weighted by atomic mass is 10.2. The Morgan fingerprint density at radius 2 is 2.25 bits per heavy atom. The quantitative estimate of drug-likeness (QED) is 0.647. The van der Waals surface area contributed by atoms with Crippen LogP contribution in [0.15, 0.2) is 0 Å². The second-order valence-corrected chi connectivity index (χ2v) is 3.99. The molecule has 0 amide bonds. The Kier molecular flexibility index (Phi) is 3.50. The Morgan fingerprint density at radius 1 is 1.58 bits per heavy atom. The van der Waals surface area contributed by atoms with Crippen LogP contribution >= 0.6 is 0 Å². The van der Waals surface area contributed by atoms with Gasteiger partial charge in [0.05, 0.1) is 0 Å². The van der Waals surface area contributed by atoms with E-state index in [2.05, 4.69) is 30.8 Å². The van der Waals surface area contributed by atoms with Crippen LogP contribution in [0.25, 0.3) is 0 Å². The minimum atomic E-state index is 0.551. The first-order chi connectivity index (χ1) is 5.65. The monoisotopic (exact) mass is 171 g/mol. The van der Waals surface area contributed by atoms with Gasteiger partial charge in [-0.05, 0) is 27.4 Å². The van der Waals surface area contributed by atoms with E-state index in [0.29, 0.717) is 6.04 Å². The van der Waals surface area contributed by atoms with Crippen molar-refractivity contribution in [2.45, 2.75) is 25.4 Å². The van der Waals surface area contributed by atoms with Crippen LogP contribution in [0.1, 0.15) is 13.3 Å². The predicted molar refractivity (Wildman–Crippen MR) is 52.2 cm³/mol. The van der Waals surface area contributed by atoms with Crippen LogP contribution in [0.2, 0.25) is 0 Å². The molecule has 0 aromatic carbocycles. The van der Waals surface area contributed by atoms with E-state index in [1.165, 1.54) is 19.5 Å². The van der Waals surface area contributed by atoms with Gasteiger partial charge in [-0.25, -0.2) is 0 Å². The van der Waals surface area contributed by atoms with Crippen molar-refractivity contribution in [3.63, 3.8) is 0 Å². The van der Waals surface area contributed by atoms with E-state index in [9.17, 15) is 0 Å². The predicted octanol–water partition coefficient (Wildman–Crippen LogP) is -0.0305. The van der Waals surface area contributed by atoms with Gasteiger partial charge in [-0.15, -0.1) is 0 Å². The number of nitrogens with zero attached hydrogens (tertiary/aromatic N) is 2. The van der Waals surface area contributed by atoms with E-state index < -0.39 is 0 Å². The van der Waals surface area contributed by atoms with E-state index in [1.54, 1.807) is 0 Å². The maximum Gasteiger partial charge on any atom is 0.0229 e. The van der Waals surface area contributed by atoms with Gasteiger partial charge in [-0.1, -0.05) is 0 Å². The summed E-state index contributed by atoms with van der Waals surface area (Å²) in [7, 11) is 4.31. The lowest BCUT2D eigenvalue weighted by Crippen LogP contribution is -2.39. The molecular formula is C9H21N3. The van der Waals surface area contributed by atoms with Gasteiger partial charge in [0.1, 0.15) is 0 Å². The van der Waals surface area contributed by atoms with Crippen LogP contribution in [0.5, 0.6) is 0 Å². The molecule has 0 spiro atoms. The molecule has 2 unspecified atom stereocenters. The highest BCUT2D eigenvalue weighted by molar-refractivity contribution is 4.83. The maximum atomic E-state index is 5.62. The van der Waals surface area contributed by atoms with Crippen molar-refractivity contribution >= 4 is 0 Å². The van der Waals surface area contributed by atoms with Gasteiger partial charge in [-0.3, -0.25) is 4.90 Å². The first-order valence-electron chi connectivity index (χ1n) is 4.75. The highest BCUT2D eigenvalue weighted by atomic mass is 15.2. The molecule has 0 aliphatic carbocycles. The standard InChI is InChI=1S/C9H21N3/c1-8(6-10)12-5-4-9(7-12)11(2)3/h8-9H,4-7,10H2,1-3H3. The van der Waals surface area contributed by atoms with Gasteiger partial charge in [0.25, 0.3) is 0 Å². The third-order valence-electron chi connectivity index (χ3n) is 2.89. The van der Waals surface area contributed by atoms with E-state index >= 15 is 0 Å². The zero-order valence-electron chi connectivity index (χ0n) is 8.45. The third kappa shape index (κ3) is 2.19. The molecular weight excluding hydrogens is 150 g/mol. The minimum absolute atomic E-state index is 0.551. The fourth-order valence-electron chi connectivity index (χ4n) is 1.74. The van der Waals surface area contributed by atoms with Gasteiger partial charge in [0.2, 0.25) is 0 Å². The number of hydrogen-bond donors (Lipinski definition) is 1. The highest BCUT2D eigenvalue weighted by Crippen LogP contribution is 2.15. The van der Waals surface area contributed by atoms with Crippen LogP contribution in [0.3, 0.4) is 0 Å². The van der Waals surface area contributed by atoms with E-state index in [0.717, 1.165) is 12.6 Å².